The molecule has 0 aliphatic carbocycles. The molecular weight excluding hydrogens is 180 g/mol. The van der Waals surface area contributed by atoms with Gasteiger partial charge in [-0.3, -0.25) is 4.79 Å². The van der Waals surface area contributed by atoms with Crippen LogP contribution >= 0.6 is 0 Å². The first-order chi connectivity index (χ1) is 6.75. The van der Waals surface area contributed by atoms with Crippen molar-refractivity contribution in [2.45, 2.75) is 19.8 Å². The number of ketones is 1. The summed E-state index contributed by atoms with van der Waals surface area (Å²) in [5.74, 6) is 1.08. The molecule has 14 heavy (non-hydrogen) atoms. The second-order valence-corrected chi connectivity index (χ2v) is 3.69. The molecule has 4 nitrogen and oxygen atoms in total. The normalized spacial score (nSPS) is 22.6. The molecule has 2 heterocycles. The van der Waals surface area contributed by atoms with Gasteiger partial charge in [-0.05, 0) is 13.0 Å². The third-order valence-corrected chi connectivity index (χ3v) is 2.55. The number of aromatic nitrogens is 1. The molecular formula is C10H14N2O2. The standard InChI is InChI=1S/C10H14N2O2/c1-7-12-9(6-14-7)4-8-2-3-11-5-10(8)13/h6,8,11H,2-5H2,1H3. The molecule has 1 N–H and O–H groups in total. The molecule has 1 aliphatic rings. The molecule has 0 radical (unpaired) electrons. The van der Waals surface area contributed by atoms with Crippen molar-refractivity contribution in [1.82, 2.24) is 10.3 Å². The number of carbonyl (C=O) groups excluding carboxylic acids is 1. The van der Waals surface area contributed by atoms with Crippen molar-refractivity contribution in [2.75, 3.05) is 13.1 Å². The Labute approximate surface area is 82.7 Å². The second kappa shape index (κ2) is 3.92. The zero-order chi connectivity index (χ0) is 9.97. The van der Waals surface area contributed by atoms with Gasteiger partial charge in [0.25, 0.3) is 0 Å². The summed E-state index contributed by atoms with van der Waals surface area (Å²) in [6, 6.07) is 0. The van der Waals surface area contributed by atoms with Crippen LogP contribution in [0, 0.1) is 12.8 Å². The van der Waals surface area contributed by atoms with Gasteiger partial charge in [-0.2, -0.15) is 0 Å². The van der Waals surface area contributed by atoms with E-state index in [1.807, 2.05) is 6.92 Å². The third kappa shape index (κ3) is 2.01. The Kier molecular flexibility index (Phi) is 2.63. The minimum atomic E-state index is 0.126. The fraction of sp³-hybridized carbons (Fsp3) is 0.600. The number of carbonyl (C=O) groups is 1. The van der Waals surface area contributed by atoms with Crippen molar-refractivity contribution in [3.05, 3.63) is 17.8 Å². The minimum absolute atomic E-state index is 0.126. The first kappa shape index (κ1) is 9.40. The largest absolute Gasteiger partial charge is 0.449 e. The van der Waals surface area contributed by atoms with E-state index in [4.69, 9.17) is 4.42 Å². The molecule has 0 saturated carbocycles. The first-order valence-corrected chi connectivity index (χ1v) is 4.90. The van der Waals surface area contributed by atoms with Crippen LogP contribution in [-0.2, 0) is 11.2 Å². The van der Waals surface area contributed by atoms with Crippen LogP contribution in [-0.4, -0.2) is 23.9 Å². The highest BCUT2D eigenvalue weighted by atomic mass is 16.3. The topological polar surface area (TPSA) is 55.1 Å². The maximum atomic E-state index is 11.5. The predicted octanol–water partition coefficient (Wildman–Crippen LogP) is 0.704. The van der Waals surface area contributed by atoms with Crippen molar-refractivity contribution < 1.29 is 9.21 Å². The van der Waals surface area contributed by atoms with Gasteiger partial charge >= 0.3 is 0 Å². The van der Waals surface area contributed by atoms with Gasteiger partial charge in [0.05, 0.1) is 12.2 Å². The highest BCUT2D eigenvalue weighted by Gasteiger charge is 2.22. The van der Waals surface area contributed by atoms with Crippen molar-refractivity contribution in [3.8, 4) is 0 Å². The van der Waals surface area contributed by atoms with E-state index in [9.17, 15) is 4.79 Å². The lowest BCUT2D eigenvalue weighted by atomic mass is 9.92. The summed E-state index contributed by atoms with van der Waals surface area (Å²) in [6.07, 6.45) is 3.27. The molecule has 4 heteroatoms. The maximum absolute atomic E-state index is 11.5. The fourth-order valence-corrected chi connectivity index (χ4v) is 1.76. The zero-order valence-corrected chi connectivity index (χ0v) is 8.25. The Bertz CT molecular complexity index is 333. The lowest BCUT2D eigenvalue weighted by Crippen LogP contribution is -2.37. The van der Waals surface area contributed by atoms with Crippen molar-refractivity contribution in [1.29, 1.82) is 0 Å². The molecule has 0 bridgehead atoms. The van der Waals surface area contributed by atoms with E-state index >= 15 is 0 Å². The maximum Gasteiger partial charge on any atom is 0.191 e. The van der Waals surface area contributed by atoms with Crippen LogP contribution in [0.15, 0.2) is 10.7 Å². The minimum Gasteiger partial charge on any atom is -0.449 e. The summed E-state index contributed by atoms with van der Waals surface area (Å²) in [5.41, 5.74) is 0.891. The number of Topliss-reactive ketones (excluding diaryl/α,β-unsaturated/α-hetero) is 1. The van der Waals surface area contributed by atoms with Crippen LogP contribution in [0.5, 0.6) is 0 Å². The highest BCUT2D eigenvalue weighted by Crippen LogP contribution is 2.15. The molecule has 0 amide bonds. The average molecular weight is 194 g/mol. The number of hydrogen-bond acceptors (Lipinski definition) is 4. The molecule has 1 fully saturated rings. The first-order valence-electron chi connectivity index (χ1n) is 4.90. The van der Waals surface area contributed by atoms with E-state index in [-0.39, 0.29) is 11.7 Å². The quantitative estimate of drug-likeness (QED) is 0.753. The van der Waals surface area contributed by atoms with Crippen molar-refractivity contribution >= 4 is 5.78 Å². The third-order valence-electron chi connectivity index (χ3n) is 2.55. The van der Waals surface area contributed by atoms with E-state index in [1.165, 1.54) is 0 Å². The van der Waals surface area contributed by atoms with E-state index in [0.29, 0.717) is 12.4 Å². The van der Waals surface area contributed by atoms with E-state index in [2.05, 4.69) is 10.3 Å². The Balaban J connectivity index is 1.99. The van der Waals surface area contributed by atoms with Gasteiger partial charge in [-0.15, -0.1) is 0 Å². The lowest BCUT2D eigenvalue weighted by Gasteiger charge is -2.20. The molecule has 0 spiro atoms. The van der Waals surface area contributed by atoms with Crippen molar-refractivity contribution in [3.63, 3.8) is 0 Å². The number of piperidine rings is 1. The smallest absolute Gasteiger partial charge is 0.191 e. The monoisotopic (exact) mass is 194 g/mol. The summed E-state index contributed by atoms with van der Waals surface area (Å²) in [7, 11) is 0. The lowest BCUT2D eigenvalue weighted by molar-refractivity contribution is -0.123. The van der Waals surface area contributed by atoms with Gasteiger partial charge < -0.3 is 9.73 Å². The molecule has 1 unspecified atom stereocenters. The van der Waals surface area contributed by atoms with Crippen LogP contribution in [0.3, 0.4) is 0 Å². The van der Waals surface area contributed by atoms with Crippen LogP contribution < -0.4 is 5.32 Å². The molecule has 76 valence electrons. The molecule has 1 aliphatic heterocycles. The summed E-state index contributed by atoms with van der Waals surface area (Å²) in [5, 5.41) is 3.06. The van der Waals surface area contributed by atoms with Crippen LogP contribution in [0.4, 0.5) is 0 Å². The molecule has 1 saturated heterocycles. The second-order valence-electron chi connectivity index (χ2n) is 3.69. The van der Waals surface area contributed by atoms with Crippen molar-refractivity contribution in [2.24, 2.45) is 5.92 Å². The summed E-state index contributed by atoms with van der Waals surface area (Å²) >= 11 is 0. The summed E-state index contributed by atoms with van der Waals surface area (Å²) < 4.78 is 5.10. The predicted molar refractivity (Wildman–Crippen MR) is 50.9 cm³/mol. The number of aryl methyl sites for hydroxylation is 1. The van der Waals surface area contributed by atoms with Gasteiger partial charge in [0.2, 0.25) is 0 Å². The summed E-state index contributed by atoms with van der Waals surface area (Å²) in [4.78, 5) is 15.7. The molecule has 2 rings (SSSR count). The number of hydrogen-bond donors (Lipinski definition) is 1. The molecule has 1 aromatic heterocycles. The fourth-order valence-electron chi connectivity index (χ4n) is 1.76. The van der Waals surface area contributed by atoms with Gasteiger partial charge in [0.1, 0.15) is 12.0 Å². The Morgan fingerprint density at radius 2 is 2.57 bits per heavy atom. The van der Waals surface area contributed by atoms with Crippen LogP contribution in [0.2, 0.25) is 0 Å². The van der Waals surface area contributed by atoms with Gasteiger partial charge in [-0.1, -0.05) is 0 Å². The van der Waals surface area contributed by atoms with Crippen LogP contribution in [0.1, 0.15) is 18.0 Å². The Morgan fingerprint density at radius 1 is 1.71 bits per heavy atom. The zero-order valence-electron chi connectivity index (χ0n) is 8.25. The number of rotatable bonds is 2. The molecule has 0 aromatic carbocycles. The highest BCUT2D eigenvalue weighted by molar-refractivity contribution is 5.83. The Morgan fingerprint density at radius 3 is 3.21 bits per heavy atom. The van der Waals surface area contributed by atoms with Gasteiger partial charge in [-0.25, -0.2) is 4.98 Å². The average Bonchev–Trinajstić information content (AvgIpc) is 2.56. The van der Waals surface area contributed by atoms with Gasteiger partial charge in [0.15, 0.2) is 5.89 Å². The molecule has 1 aromatic rings. The number of nitrogens with one attached hydrogen (secondary N) is 1. The Hall–Kier alpha value is -1.16. The molecule has 1 atom stereocenters. The number of nitrogens with zero attached hydrogens (tertiary/aromatic N) is 1. The summed E-state index contributed by atoms with van der Waals surface area (Å²) in [6.45, 7) is 3.24. The van der Waals surface area contributed by atoms with Crippen LogP contribution in [0.25, 0.3) is 0 Å². The van der Waals surface area contributed by atoms with E-state index in [0.717, 1.165) is 25.1 Å². The SMILES string of the molecule is Cc1nc(CC2CCNCC2=O)co1. The van der Waals surface area contributed by atoms with E-state index in [1.54, 1.807) is 6.26 Å². The van der Waals surface area contributed by atoms with E-state index < -0.39 is 0 Å². The number of oxazole rings is 1. The van der Waals surface area contributed by atoms with Gasteiger partial charge in [0, 0.05) is 19.3 Å².